The monoisotopic (exact) mass is 340 g/mol. The third-order valence-electron chi connectivity index (χ3n) is 2.92. The molecule has 0 amide bonds. The van der Waals surface area contributed by atoms with Crippen molar-refractivity contribution in [3.05, 3.63) is 51.5 Å². The van der Waals surface area contributed by atoms with E-state index in [1.807, 2.05) is 0 Å². The van der Waals surface area contributed by atoms with E-state index >= 15 is 0 Å². The topological polar surface area (TPSA) is 44.8 Å². The molecule has 2 rings (SSSR count). The van der Waals surface area contributed by atoms with Crippen LogP contribution in [0.4, 0.5) is 0 Å². The Morgan fingerprint density at radius 2 is 1.77 bits per heavy atom. The minimum Gasteiger partial charge on any atom is -0.496 e. The highest BCUT2D eigenvalue weighted by atomic mass is 35.5. The third kappa shape index (κ3) is 3.71. The van der Waals surface area contributed by atoms with Crippen LogP contribution in [0, 0.1) is 0 Å². The molecule has 6 heteroatoms. The molecule has 4 nitrogen and oxygen atoms in total. The number of carbonyl (C=O) groups is 1. The molecule has 0 aromatic heterocycles. The Labute approximate surface area is 138 Å². The van der Waals surface area contributed by atoms with E-state index < -0.39 is 0 Å². The molecule has 0 radical (unpaired) electrons. The van der Waals surface area contributed by atoms with Crippen molar-refractivity contribution in [2.45, 2.75) is 6.61 Å². The van der Waals surface area contributed by atoms with Gasteiger partial charge in [-0.2, -0.15) is 0 Å². The van der Waals surface area contributed by atoms with Gasteiger partial charge in [-0.05, 0) is 35.9 Å². The molecule has 22 heavy (non-hydrogen) atoms. The van der Waals surface area contributed by atoms with E-state index in [0.717, 1.165) is 5.56 Å². The summed E-state index contributed by atoms with van der Waals surface area (Å²) in [5.41, 5.74) is 1.22. The molecule has 0 saturated carbocycles. The number of halogens is 2. The van der Waals surface area contributed by atoms with Crippen molar-refractivity contribution in [2.24, 2.45) is 0 Å². The van der Waals surface area contributed by atoms with Crippen LogP contribution in [0.1, 0.15) is 15.9 Å². The molecular formula is C16H14Cl2O4. The molecule has 0 fully saturated rings. The zero-order chi connectivity index (χ0) is 16.1. The van der Waals surface area contributed by atoms with Crippen LogP contribution in [0.25, 0.3) is 0 Å². The van der Waals surface area contributed by atoms with E-state index in [-0.39, 0.29) is 0 Å². The molecule has 2 aromatic carbocycles. The number of aldehydes is 1. The highest BCUT2D eigenvalue weighted by Crippen LogP contribution is 2.38. The molecule has 0 atom stereocenters. The van der Waals surface area contributed by atoms with Crippen LogP contribution in [-0.4, -0.2) is 20.5 Å². The van der Waals surface area contributed by atoms with Crippen LogP contribution in [0.3, 0.4) is 0 Å². The Morgan fingerprint density at radius 1 is 1.09 bits per heavy atom. The number of carbonyl (C=O) groups excluding carboxylic acids is 1. The third-order valence-corrected chi connectivity index (χ3v) is 3.48. The summed E-state index contributed by atoms with van der Waals surface area (Å²) < 4.78 is 15.8. The number of benzene rings is 2. The highest BCUT2D eigenvalue weighted by molar-refractivity contribution is 6.37. The first-order valence-electron chi connectivity index (χ1n) is 6.37. The van der Waals surface area contributed by atoms with E-state index in [2.05, 4.69) is 0 Å². The van der Waals surface area contributed by atoms with Crippen LogP contribution >= 0.6 is 23.2 Å². The van der Waals surface area contributed by atoms with Crippen LogP contribution < -0.4 is 9.47 Å². The summed E-state index contributed by atoms with van der Waals surface area (Å²) in [5, 5.41) is 0.728. The van der Waals surface area contributed by atoms with Crippen LogP contribution in [0.5, 0.6) is 17.2 Å². The molecule has 0 heterocycles. The van der Waals surface area contributed by atoms with E-state index in [1.54, 1.807) is 37.4 Å². The predicted octanol–water partition coefficient (Wildman–Crippen LogP) is 4.75. The van der Waals surface area contributed by atoms with Crippen molar-refractivity contribution in [1.82, 2.24) is 0 Å². The second-order valence-corrected chi connectivity index (χ2v) is 5.26. The number of methoxy groups -OCH3 is 2. The standard InChI is InChI=1S/C16H14Cl2O4/c1-20-9-10-5-13(17)16(14(18)6-10)22-12-3-4-15(21-2)11(7-12)8-19/h3-8H,9H2,1-2H3. The van der Waals surface area contributed by atoms with E-state index in [9.17, 15) is 4.79 Å². The summed E-state index contributed by atoms with van der Waals surface area (Å²) in [5.74, 6) is 1.23. The van der Waals surface area contributed by atoms with Gasteiger partial charge in [-0.25, -0.2) is 0 Å². The van der Waals surface area contributed by atoms with Gasteiger partial charge in [0.25, 0.3) is 0 Å². The Hall–Kier alpha value is -1.75. The van der Waals surface area contributed by atoms with Crippen molar-refractivity contribution in [2.75, 3.05) is 14.2 Å². The fourth-order valence-electron chi connectivity index (χ4n) is 1.95. The van der Waals surface area contributed by atoms with Gasteiger partial charge in [0, 0.05) is 7.11 Å². The summed E-state index contributed by atoms with van der Waals surface area (Å²) >= 11 is 12.4. The summed E-state index contributed by atoms with van der Waals surface area (Å²) in [4.78, 5) is 11.0. The zero-order valence-corrected chi connectivity index (χ0v) is 13.6. The predicted molar refractivity (Wildman–Crippen MR) is 85.6 cm³/mol. The molecule has 0 spiro atoms. The van der Waals surface area contributed by atoms with Gasteiger partial charge in [0.2, 0.25) is 0 Å². The van der Waals surface area contributed by atoms with Crippen LogP contribution in [0.15, 0.2) is 30.3 Å². The van der Waals surface area contributed by atoms with Crippen molar-refractivity contribution < 1.29 is 19.0 Å². The summed E-state index contributed by atoms with van der Waals surface area (Å²) in [6.07, 6.45) is 0.691. The normalized spacial score (nSPS) is 10.4. The number of hydrogen-bond donors (Lipinski definition) is 0. The van der Waals surface area contributed by atoms with Gasteiger partial charge in [-0.1, -0.05) is 23.2 Å². The van der Waals surface area contributed by atoms with E-state index in [4.69, 9.17) is 37.4 Å². The molecular weight excluding hydrogens is 327 g/mol. The minimum atomic E-state index is 0.324. The molecule has 0 saturated heterocycles. The summed E-state index contributed by atoms with van der Waals surface area (Å²) in [6.45, 7) is 0.400. The van der Waals surface area contributed by atoms with Crippen molar-refractivity contribution in [3.8, 4) is 17.2 Å². The molecule has 0 aliphatic carbocycles. The summed E-state index contributed by atoms with van der Waals surface area (Å²) in [7, 11) is 3.08. The maximum Gasteiger partial charge on any atom is 0.164 e. The fraction of sp³-hybridized carbons (Fsp3) is 0.188. The first kappa shape index (κ1) is 16.6. The first-order chi connectivity index (χ1) is 10.6. The van der Waals surface area contributed by atoms with Crippen molar-refractivity contribution >= 4 is 29.5 Å². The van der Waals surface area contributed by atoms with Gasteiger partial charge in [-0.15, -0.1) is 0 Å². The molecule has 0 unspecified atom stereocenters. The molecule has 116 valence electrons. The van der Waals surface area contributed by atoms with Gasteiger partial charge in [-0.3, -0.25) is 4.79 Å². The lowest BCUT2D eigenvalue weighted by Gasteiger charge is -2.12. The maximum atomic E-state index is 11.0. The summed E-state index contributed by atoms with van der Waals surface area (Å²) in [6, 6.07) is 8.30. The van der Waals surface area contributed by atoms with Crippen LogP contribution in [-0.2, 0) is 11.3 Å². The average Bonchev–Trinajstić information content (AvgIpc) is 2.51. The maximum absolute atomic E-state index is 11.0. The SMILES string of the molecule is COCc1cc(Cl)c(Oc2ccc(OC)c(C=O)c2)c(Cl)c1. The number of hydrogen-bond acceptors (Lipinski definition) is 4. The molecule has 0 bridgehead atoms. The molecule has 0 N–H and O–H groups in total. The molecule has 0 aliphatic rings. The lowest BCUT2D eigenvalue weighted by Crippen LogP contribution is -1.94. The van der Waals surface area contributed by atoms with Gasteiger partial charge in [0.05, 0.1) is 29.3 Å². The van der Waals surface area contributed by atoms with Gasteiger partial charge >= 0.3 is 0 Å². The lowest BCUT2D eigenvalue weighted by molar-refractivity contribution is 0.112. The second kappa shape index (κ2) is 7.49. The van der Waals surface area contributed by atoms with Gasteiger partial charge in [0.15, 0.2) is 12.0 Å². The van der Waals surface area contributed by atoms with Crippen LogP contribution in [0.2, 0.25) is 10.0 Å². The smallest absolute Gasteiger partial charge is 0.164 e. The number of rotatable bonds is 6. The van der Waals surface area contributed by atoms with Gasteiger partial charge < -0.3 is 14.2 Å². The van der Waals surface area contributed by atoms with Crippen molar-refractivity contribution in [3.63, 3.8) is 0 Å². The molecule has 2 aromatic rings. The highest BCUT2D eigenvalue weighted by Gasteiger charge is 2.12. The lowest BCUT2D eigenvalue weighted by atomic mass is 10.2. The largest absolute Gasteiger partial charge is 0.496 e. The van der Waals surface area contributed by atoms with E-state index in [0.29, 0.717) is 45.8 Å². The minimum absolute atomic E-state index is 0.324. The fourth-order valence-corrected chi connectivity index (χ4v) is 2.56. The Kier molecular flexibility index (Phi) is 5.66. The Morgan fingerprint density at radius 3 is 2.32 bits per heavy atom. The quantitative estimate of drug-likeness (QED) is 0.711. The number of ether oxygens (including phenoxy) is 3. The van der Waals surface area contributed by atoms with E-state index in [1.165, 1.54) is 7.11 Å². The average molecular weight is 341 g/mol. The molecule has 0 aliphatic heterocycles. The Bertz CT molecular complexity index is 663. The zero-order valence-electron chi connectivity index (χ0n) is 12.1. The van der Waals surface area contributed by atoms with Crippen molar-refractivity contribution in [1.29, 1.82) is 0 Å². The second-order valence-electron chi connectivity index (χ2n) is 4.45. The van der Waals surface area contributed by atoms with Gasteiger partial charge in [0.1, 0.15) is 11.5 Å². The first-order valence-corrected chi connectivity index (χ1v) is 7.12. The Balaban J connectivity index is 2.33.